The van der Waals surface area contributed by atoms with E-state index in [0.29, 0.717) is 5.84 Å². The molecule has 0 unspecified atom stereocenters. The van der Waals surface area contributed by atoms with Crippen molar-refractivity contribution in [2.75, 3.05) is 13.6 Å². The SMILES string of the molecule is Cc1ccc(CN(C)CCCCC(=N)N)cc1. The zero-order valence-electron chi connectivity index (χ0n) is 10.9. The standard InChI is InChI=1S/C14H23N3/c1-12-6-8-13(9-7-12)11-17(2)10-4-3-5-14(15)16/h6-9H,3-5,10-11H2,1-2H3,(H3,15,16). The second-order valence-corrected chi connectivity index (χ2v) is 4.71. The maximum atomic E-state index is 7.14. The van der Waals surface area contributed by atoms with Crippen LogP contribution in [-0.2, 0) is 6.54 Å². The summed E-state index contributed by atoms with van der Waals surface area (Å²) in [4.78, 5) is 2.31. The molecule has 3 N–H and O–H groups in total. The van der Waals surface area contributed by atoms with Crippen LogP contribution in [0.3, 0.4) is 0 Å². The Morgan fingerprint density at radius 2 is 1.88 bits per heavy atom. The molecule has 0 saturated carbocycles. The Bertz CT molecular complexity index is 343. The topological polar surface area (TPSA) is 53.1 Å². The van der Waals surface area contributed by atoms with Gasteiger partial charge in [-0.3, -0.25) is 5.41 Å². The van der Waals surface area contributed by atoms with E-state index in [2.05, 4.69) is 43.1 Å². The minimum atomic E-state index is 0.297. The van der Waals surface area contributed by atoms with E-state index in [1.54, 1.807) is 0 Å². The van der Waals surface area contributed by atoms with Crippen molar-refractivity contribution in [1.82, 2.24) is 4.90 Å². The Balaban J connectivity index is 2.22. The summed E-state index contributed by atoms with van der Waals surface area (Å²) in [6, 6.07) is 8.67. The molecule has 3 nitrogen and oxygen atoms in total. The zero-order chi connectivity index (χ0) is 12.7. The number of hydrogen-bond donors (Lipinski definition) is 2. The fourth-order valence-electron chi connectivity index (χ4n) is 1.78. The van der Waals surface area contributed by atoms with Crippen molar-refractivity contribution in [1.29, 1.82) is 5.41 Å². The molecule has 0 aliphatic rings. The summed E-state index contributed by atoms with van der Waals surface area (Å²) in [6.07, 6.45) is 2.83. The third kappa shape index (κ3) is 6.07. The van der Waals surface area contributed by atoms with Crippen molar-refractivity contribution in [3.8, 4) is 0 Å². The highest BCUT2D eigenvalue weighted by molar-refractivity contribution is 5.76. The largest absolute Gasteiger partial charge is 0.388 e. The summed E-state index contributed by atoms with van der Waals surface area (Å²) in [5.74, 6) is 0.297. The van der Waals surface area contributed by atoms with Crippen molar-refractivity contribution >= 4 is 5.84 Å². The van der Waals surface area contributed by atoms with E-state index in [1.165, 1.54) is 11.1 Å². The van der Waals surface area contributed by atoms with Crippen LogP contribution in [0.1, 0.15) is 30.4 Å². The number of nitrogens with zero attached hydrogens (tertiary/aromatic N) is 1. The zero-order valence-corrected chi connectivity index (χ0v) is 10.9. The molecule has 17 heavy (non-hydrogen) atoms. The van der Waals surface area contributed by atoms with Gasteiger partial charge in [-0.25, -0.2) is 0 Å². The average Bonchev–Trinajstić information content (AvgIpc) is 2.27. The van der Waals surface area contributed by atoms with Crippen LogP contribution in [0.4, 0.5) is 0 Å². The van der Waals surface area contributed by atoms with E-state index in [-0.39, 0.29) is 0 Å². The summed E-state index contributed by atoms with van der Waals surface area (Å²) in [5, 5.41) is 7.14. The van der Waals surface area contributed by atoms with Crippen LogP contribution in [0.15, 0.2) is 24.3 Å². The molecule has 0 atom stereocenters. The average molecular weight is 233 g/mol. The maximum absolute atomic E-state index is 7.14. The molecule has 1 aromatic rings. The van der Waals surface area contributed by atoms with Gasteiger partial charge in [0, 0.05) is 13.0 Å². The highest BCUT2D eigenvalue weighted by Crippen LogP contribution is 2.06. The number of aryl methyl sites for hydroxylation is 1. The van der Waals surface area contributed by atoms with Gasteiger partial charge in [-0.15, -0.1) is 0 Å². The number of nitrogens with one attached hydrogen (secondary N) is 1. The molecule has 0 aliphatic heterocycles. The first-order valence-electron chi connectivity index (χ1n) is 6.15. The van der Waals surface area contributed by atoms with Gasteiger partial charge in [-0.05, 0) is 38.9 Å². The van der Waals surface area contributed by atoms with E-state index in [4.69, 9.17) is 11.1 Å². The van der Waals surface area contributed by atoms with E-state index in [9.17, 15) is 0 Å². The predicted octanol–water partition coefficient (Wildman–Crippen LogP) is 2.53. The predicted molar refractivity (Wildman–Crippen MR) is 73.3 cm³/mol. The Kier molecular flexibility index (Phi) is 5.70. The van der Waals surface area contributed by atoms with Gasteiger partial charge in [0.1, 0.15) is 0 Å². The first-order valence-corrected chi connectivity index (χ1v) is 6.15. The number of unbranched alkanes of at least 4 members (excludes halogenated alkanes) is 1. The van der Waals surface area contributed by atoms with Gasteiger partial charge in [0.2, 0.25) is 0 Å². The highest BCUT2D eigenvalue weighted by Gasteiger charge is 2.00. The van der Waals surface area contributed by atoms with Gasteiger partial charge < -0.3 is 10.6 Å². The summed E-state index contributed by atoms with van der Waals surface area (Å²) < 4.78 is 0. The van der Waals surface area contributed by atoms with Crippen LogP contribution >= 0.6 is 0 Å². The molecule has 0 heterocycles. The minimum absolute atomic E-state index is 0.297. The van der Waals surface area contributed by atoms with Crippen molar-refractivity contribution in [2.45, 2.75) is 32.7 Å². The van der Waals surface area contributed by atoms with Crippen molar-refractivity contribution < 1.29 is 0 Å². The molecule has 3 heteroatoms. The lowest BCUT2D eigenvalue weighted by molar-refractivity contribution is 0.319. The molecule has 0 bridgehead atoms. The third-order valence-corrected chi connectivity index (χ3v) is 2.81. The first-order chi connectivity index (χ1) is 8.08. The Morgan fingerprint density at radius 3 is 2.47 bits per heavy atom. The van der Waals surface area contributed by atoms with Crippen LogP contribution in [0.2, 0.25) is 0 Å². The molecule has 0 aliphatic carbocycles. The van der Waals surface area contributed by atoms with Gasteiger partial charge in [-0.2, -0.15) is 0 Å². The smallest absolute Gasteiger partial charge is 0.0905 e. The Hall–Kier alpha value is -1.35. The lowest BCUT2D eigenvalue weighted by Gasteiger charge is -2.16. The number of nitrogens with two attached hydrogens (primary N) is 1. The first kappa shape index (κ1) is 13.7. The van der Waals surface area contributed by atoms with Gasteiger partial charge in [0.05, 0.1) is 5.84 Å². The van der Waals surface area contributed by atoms with Crippen molar-refractivity contribution in [2.24, 2.45) is 5.73 Å². The van der Waals surface area contributed by atoms with Gasteiger partial charge in [0.25, 0.3) is 0 Å². The van der Waals surface area contributed by atoms with Crippen LogP contribution < -0.4 is 5.73 Å². The molecule has 0 fully saturated rings. The lowest BCUT2D eigenvalue weighted by atomic mass is 10.1. The van der Waals surface area contributed by atoms with E-state index < -0.39 is 0 Å². The second kappa shape index (κ2) is 7.07. The molecule has 1 aromatic carbocycles. The number of hydrogen-bond acceptors (Lipinski definition) is 2. The minimum Gasteiger partial charge on any atom is -0.388 e. The van der Waals surface area contributed by atoms with Gasteiger partial charge in [0.15, 0.2) is 0 Å². The van der Waals surface area contributed by atoms with E-state index >= 15 is 0 Å². The summed E-state index contributed by atoms with van der Waals surface area (Å²) in [6.45, 7) is 4.15. The Morgan fingerprint density at radius 1 is 1.24 bits per heavy atom. The third-order valence-electron chi connectivity index (χ3n) is 2.81. The van der Waals surface area contributed by atoms with Gasteiger partial charge >= 0.3 is 0 Å². The molecule has 1 rings (SSSR count). The lowest BCUT2D eigenvalue weighted by Crippen LogP contribution is -2.19. The molecule has 0 spiro atoms. The highest BCUT2D eigenvalue weighted by atomic mass is 15.1. The van der Waals surface area contributed by atoms with Crippen molar-refractivity contribution in [3.05, 3.63) is 35.4 Å². The number of rotatable bonds is 7. The number of amidine groups is 1. The van der Waals surface area contributed by atoms with Crippen LogP contribution in [-0.4, -0.2) is 24.3 Å². The quantitative estimate of drug-likeness (QED) is 0.432. The summed E-state index contributed by atoms with van der Waals surface area (Å²) >= 11 is 0. The van der Waals surface area contributed by atoms with E-state index in [1.807, 2.05) is 0 Å². The van der Waals surface area contributed by atoms with Crippen LogP contribution in [0.25, 0.3) is 0 Å². The molecule has 94 valence electrons. The van der Waals surface area contributed by atoms with E-state index in [0.717, 1.165) is 32.4 Å². The fourth-order valence-corrected chi connectivity index (χ4v) is 1.78. The number of benzene rings is 1. The normalized spacial score (nSPS) is 10.8. The molecular formula is C14H23N3. The summed E-state index contributed by atoms with van der Waals surface area (Å²) in [7, 11) is 2.13. The van der Waals surface area contributed by atoms with Crippen LogP contribution in [0.5, 0.6) is 0 Å². The van der Waals surface area contributed by atoms with Crippen LogP contribution in [0, 0.1) is 12.3 Å². The van der Waals surface area contributed by atoms with Crippen molar-refractivity contribution in [3.63, 3.8) is 0 Å². The molecule has 0 radical (unpaired) electrons. The van der Waals surface area contributed by atoms with Gasteiger partial charge in [-0.1, -0.05) is 29.8 Å². The second-order valence-electron chi connectivity index (χ2n) is 4.71. The molecule has 0 aromatic heterocycles. The molecule has 0 saturated heterocycles. The summed E-state index contributed by atoms with van der Waals surface area (Å²) in [5.41, 5.74) is 7.97. The molecule has 0 amide bonds. The molecular weight excluding hydrogens is 210 g/mol. The Labute approximate surface area is 104 Å². The maximum Gasteiger partial charge on any atom is 0.0905 e. The fraction of sp³-hybridized carbons (Fsp3) is 0.500. The monoisotopic (exact) mass is 233 g/mol.